The van der Waals surface area contributed by atoms with Crippen molar-refractivity contribution in [3.05, 3.63) is 110 Å². The van der Waals surface area contributed by atoms with Gasteiger partial charge < -0.3 is 9.88 Å². The Morgan fingerprint density at radius 1 is 1.03 bits per heavy atom. The zero-order valence-electron chi connectivity index (χ0n) is 22.1. The lowest BCUT2D eigenvalue weighted by atomic mass is 10.1. The minimum absolute atomic E-state index is 0.261. The second-order valence-corrected chi connectivity index (χ2v) is 11.6. The maximum atomic E-state index is 13.3. The summed E-state index contributed by atoms with van der Waals surface area (Å²) >= 11 is 3.04. The maximum Gasteiger partial charge on any atom is 0.295 e. The van der Waals surface area contributed by atoms with E-state index in [-0.39, 0.29) is 17.2 Å². The molecular formula is C29H30N6O2S2. The highest BCUT2D eigenvalue weighted by Gasteiger charge is 2.24. The van der Waals surface area contributed by atoms with Crippen LogP contribution in [0.5, 0.6) is 0 Å². The average Bonchev–Trinajstić information content (AvgIpc) is 3.65. The van der Waals surface area contributed by atoms with E-state index in [1.165, 1.54) is 22.2 Å². The summed E-state index contributed by atoms with van der Waals surface area (Å²) in [5.74, 6) is 0.608. The highest BCUT2D eigenvalue weighted by molar-refractivity contribution is 8.00. The Bertz CT molecular complexity index is 1600. The number of thiophene rings is 1. The van der Waals surface area contributed by atoms with Gasteiger partial charge in [-0.25, -0.2) is 4.68 Å². The molecule has 200 valence electrons. The molecule has 0 radical (unpaired) electrons. The molecule has 0 aliphatic carbocycles. The minimum Gasteiger partial charge on any atom is -0.319 e. The summed E-state index contributed by atoms with van der Waals surface area (Å²) in [6.45, 7) is 4.35. The molecule has 0 saturated heterocycles. The highest BCUT2D eigenvalue weighted by atomic mass is 32.2. The fraction of sp³-hybridized carbons (Fsp3) is 0.241. The van der Waals surface area contributed by atoms with E-state index in [2.05, 4.69) is 43.7 Å². The van der Waals surface area contributed by atoms with Crippen molar-refractivity contribution in [2.45, 2.75) is 43.6 Å². The number of aromatic nitrogens is 5. The molecule has 1 amide bonds. The van der Waals surface area contributed by atoms with Gasteiger partial charge in [-0.3, -0.25) is 14.3 Å². The average molecular weight is 559 g/mol. The van der Waals surface area contributed by atoms with Crippen LogP contribution in [0, 0.1) is 6.92 Å². The third-order valence-electron chi connectivity index (χ3n) is 6.63. The Labute approximate surface area is 235 Å². The first kappa shape index (κ1) is 26.7. The summed E-state index contributed by atoms with van der Waals surface area (Å²) in [6.07, 6.45) is 1.51. The largest absolute Gasteiger partial charge is 0.319 e. The third-order valence-corrected chi connectivity index (χ3v) is 8.58. The van der Waals surface area contributed by atoms with Crippen LogP contribution in [0.4, 0.5) is 5.69 Å². The van der Waals surface area contributed by atoms with Gasteiger partial charge in [0.1, 0.15) is 11.5 Å². The molecule has 10 heteroatoms. The molecule has 0 spiro atoms. The number of carbonyl (C=O) groups excluding carboxylic acids is 1. The molecule has 5 rings (SSSR count). The molecule has 8 nitrogen and oxygen atoms in total. The van der Waals surface area contributed by atoms with Gasteiger partial charge in [0.05, 0.1) is 16.6 Å². The van der Waals surface area contributed by atoms with Crippen molar-refractivity contribution >= 4 is 34.7 Å². The summed E-state index contributed by atoms with van der Waals surface area (Å²) in [5, 5.41) is 14.1. The molecule has 0 saturated carbocycles. The van der Waals surface area contributed by atoms with Gasteiger partial charge >= 0.3 is 0 Å². The Morgan fingerprint density at radius 3 is 2.44 bits per heavy atom. The molecule has 1 unspecified atom stereocenters. The Kier molecular flexibility index (Phi) is 8.13. The van der Waals surface area contributed by atoms with Crippen molar-refractivity contribution in [1.82, 2.24) is 24.1 Å². The van der Waals surface area contributed by atoms with Crippen molar-refractivity contribution in [3.63, 3.8) is 0 Å². The van der Waals surface area contributed by atoms with Gasteiger partial charge in [-0.15, -0.1) is 21.5 Å². The van der Waals surface area contributed by atoms with E-state index in [9.17, 15) is 9.59 Å². The number of amides is 1. The number of rotatable bonds is 10. The van der Waals surface area contributed by atoms with Crippen LogP contribution < -0.4 is 10.9 Å². The first-order valence-electron chi connectivity index (χ1n) is 12.7. The van der Waals surface area contributed by atoms with E-state index >= 15 is 0 Å². The fourth-order valence-corrected chi connectivity index (χ4v) is 5.96. The normalized spacial score (nSPS) is 12.0. The van der Waals surface area contributed by atoms with Gasteiger partial charge in [-0.05, 0) is 49.4 Å². The van der Waals surface area contributed by atoms with Crippen molar-refractivity contribution in [2.24, 2.45) is 7.05 Å². The van der Waals surface area contributed by atoms with Crippen LogP contribution in [0.25, 0.3) is 5.69 Å². The van der Waals surface area contributed by atoms with E-state index in [4.69, 9.17) is 0 Å². The zero-order chi connectivity index (χ0) is 27.4. The molecular weight excluding hydrogens is 528 g/mol. The van der Waals surface area contributed by atoms with E-state index in [0.29, 0.717) is 23.8 Å². The first-order valence-corrected chi connectivity index (χ1v) is 14.5. The van der Waals surface area contributed by atoms with Crippen LogP contribution in [-0.2, 0) is 31.2 Å². The molecule has 0 fully saturated rings. The molecule has 0 bridgehead atoms. The van der Waals surface area contributed by atoms with Crippen LogP contribution in [0.1, 0.15) is 28.9 Å². The van der Waals surface area contributed by atoms with Crippen LogP contribution in [-0.4, -0.2) is 35.3 Å². The molecule has 1 N–H and O–H groups in total. The number of thioether (sulfide) groups is 1. The van der Waals surface area contributed by atoms with E-state index < -0.39 is 5.25 Å². The number of anilines is 1. The number of para-hydroxylation sites is 1. The number of benzene rings is 2. The van der Waals surface area contributed by atoms with Gasteiger partial charge in [0, 0.05) is 24.9 Å². The number of nitrogens with one attached hydrogen (secondary N) is 1. The third kappa shape index (κ3) is 5.91. The number of hydrogen-bond acceptors (Lipinski definition) is 6. The smallest absolute Gasteiger partial charge is 0.295 e. The predicted octanol–water partition coefficient (Wildman–Crippen LogP) is 5.09. The Morgan fingerprint density at radius 2 is 1.74 bits per heavy atom. The first-order chi connectivity index (χ1) is 18.9. The van der Waals surface area contributed by atoms with Crippen LogP contribution in [0.3, 0.4) is 0 Å². The monoisotopic (exact) mass is 558 g/mol. The quantitative estimate of drug-likeness (QED) is 0.241. The lowest BCUT2D eigenvalue weighted by Crippen LogP contribution is -2.27. The van der Waals surface area contributed by atoms with Crippen molar-refractivity contribution in [1.29, 1.82) is 0 Å². The second kappa shape index (κ2) is 11.9. The minimum atomic E-state index is -0.497. The standard InChI is InChI=1S/C29H30N6O2S2/c1-20-26(28(37)35(33(20)3)23-13-8-5-9-14-23)30-27(36)21(2)39-29-32-31-25(19-24-15-10-18-38-24)34(29)17-16-22-11-6-4-7-12-22/h4-15,18,21H,16-17,19H2,1-3H3,(H,30,36). The summed E-state index contributed by atoms with van der Waals surface area (Å²) in [6, 6.07) is 23.8. The highest BCUT2D eigenvalue weighted by Crippen LogP contribution is 2.26. The topological polar surface area (TPSA) is 86.7 Å². The number of hydrogen-bond donors (Lipinski definition) is 1. The fourth-order valence-electron chi connectivity index (χ4n) is 4.36. The Hall–Kier alpha value is -3.89. The SMILES string of the molecule is Cc1c(NC(=O)C(C)Sc2nnc(Cc3cccs3)n2CCc2ccccc2)c(=O)n(-c2ccccc2)n1C. The molecule has 3 heterocycles. The molecule has 1 atom stereocenters. The van der Waals surface area contributed by atoms with Gasteiger partial charge in [0.15, 0.2) is 5.16 Å². The molecule has 5 aromatic rings. The number of carbonyl (C=O) groups is 1. The van der Waals surface area contributed by atoms with E-state index in [1.807, 2.05) is 75.5 Å². The van der Waals surface area contributed by atoms with Crippen LogP contribution >= 0.6 is 23.1 Å². The molecule has 3 aromatic heterocycles. The molecule has 2 aromatic carbocycles. The van der Waals surface area contributed by atoms with Crippen LogP contribution in [0.15, 0.2) is 88.1 Å². The Balaban J connectivity index is 1.35. The van der Waals surface area contributed by atoms with Gasteiger partial charge in [-0.1, -0.05) is 66.4 Å². The molecule has 39 heavy (non-hydrogen) atoms. The lowest BCUT2D eigenvalue weighted by molar-refractivity contribution is -0.115. The van der Waals surface area contributed by atoms with Gasteiger partial charge in [0.25, 0.3) is 5.56 Å². The van der Waals surface area contributed by atoms with Crippen molar-refractivity contribution in [2.75, 3.05) is 5.32 Å². The van der Waals surface area contributed by atoms with Gasteiger partial charge in [-0.2, -0.15) is 0 Å². The summed E-state index contributed by atoms with van der Waals surface area (Å²) in [7, 11) is 1.81. The van der Waals surface area contributed by atoms with Crippen molar-refractivity contribution < 1.29 is 4.79 Å². The predicted molar refractivity (Wildman–Crippen MR) is 157 cm³/mol. The number of aryl methyl sites for hydroxylation is 1. The summed E-state index contributed by atoms with van der Waals surface area (Å²) in [4.78, 5) is 27.7. The molecule has 0 aliphatic heterocycles. The van der Waals surface area contributed by atoms with Crippen molar-refractivity contribution in [3.8, 4) is 5.69 Å². The lowest BCUT2D eigenvalue weighted by Gasteiger charge is -2.13. The summed E-state index contributed by atoms with van der Waals surface area (Å²) < 4.78 is 5.42. The second-order valence-electron chi connectivity index (χ2n) is 9.23. The van der Waals surface area contributed by atoms with E-state index in [0.717, 1.165) is 17.9 Å². The summed E-state index contributed by atoms with van der Waals surface area (Å²) in [5.41, 5.74) is 2.66. The number of nitrogens with zero attached hydrogens (tertiary/aromatic N) is 5. The van der Waals surface area contributed by atoms with Gasteiger partial charge in [0.2, 0.25) is 5.91 Å². The maximum absolute atomic E-state index is 13.3. The zero-order valence-corrected chi connectivity index (χ0v) is 23.7. The van der Waals surface area contributed by atoms with Crippen LogP contribution in [0.2, 0.25) is 0 Å². The van der Waals surface area contributed by atoms with E-state index in [1.54, 1.807) is 20.7 Å². The molecule has 0 aliphatic rings.